The molecule has 2 aromatic carbocycles. The molecule has 0 saturated heterocycles. The topological polar surface area (TPSA) is 67.2 Å². The molecule has 2 rings (SSSR count). The van der Waals surface area contributed by atoms with Crippen molar-refractivity contribution in [2.45, 2.75) is 19.4 Å². The van der Waals surface area contributed by atoms with Crippen LogP contribution in [-0.4, -0.2) is 5.91 Å². The minimum Gasteiger partial charge on any atom is -0.345 e. The van der Waals surface area contributed by atoms with Gasteiger partial charge in [-0.15, -0.1) is 0 Å². The molecule has 0 saturated carbocycles. The second-order valence-corrected chi connectivity index (χ2v) is 5.12. The summed E-state index contributed by atoms with van der Waals surface area (Å²) in [4.78, 5) is 12.5. The van der Waals surface area contributed by atoms with Crippen molar-refractivity contribution in [2.75, 3.05) is 5.43 Å². The molecular weight excluding hydrogens is 286 g/mol. The molecule has 0 aromatic heterocycles. The molecule has 0 aliphatic carbocycles. The quantitative estimate of drug-likeness (QED) is 0.585. The number of carbonyl (C=O) groups is 1. The summed E-state index contributed by atoms with van der Waals surface area (Å²) in [6.07, 6.45) is 0.793. The predicted molar refractivity (Wildman–Crippen MR) is 86.2 cm³/mol. The second kappa shape index (κ2) is 7.11. The van der Waals surface area contributed by atoms with E-state index in [1.54, 1.807) is 18.2 Å². The minimum absolute atomic E-state index is 0.0525. The van der Waals surface area contributed by atoms with E-state index in [1.165, 1.54) is 0 Å². The standard InChI is InChI=1S/C16H18ClN3O/c1-2-14(11-6-4-3-5-7-11)19-16(21)13-10-12(17)8-9-15(13)20-18/h3-10,14,20H,2,18H2,1H3,(H,19,21). The SMILES string of the molecule is CCC(NC(=O)c1cc(Cl)ccc1NN)c1ccccc1. The Morgan fingerprint density at radius 1 is 1.24 bits per heavy atom. The number of rotatable bonds is 5. The van der Waals surface area contributed by atoms with Crippen LogP contribution in [0.5, 0.6) is 0 Å². The number of anilines is 1. The first-order valence-corrected chi connectivity index (χ1v) is 7.15. The van der Waals surface area contributed by atoms with E-state index in [0.29, 0.717) is 16.3 Å². The van der Waals surface area contributed by atoms with Gasteiger partial charge in [0.1, 0.15) is 0 Å². The normalized spacial score (nSPS) is 11.8. The summed E-state index contributed by atoms with van der Waals surface area (Å²) >= 11 is 5.96. The summed E-state index contributed by atoms with van der Waals surface area (Å²) in [5.74, 6) is 5.23. The number of hydrogen-bond donors (Lipinski definition) is 3. The molecule has 4 nitrogen and oxygen atoms in total. The van der Waals surface area contributed by atoms with Crippen molar-refractivity contribution in [1.29, 1.82) is 0 Å². The molecule has 0 fully saturated rings. The van der Waals surface area contributed by atoms with Crippen LogP contribution in [0.3, 0.4) is 0 Å². The van der Waals surface area contributed by atoms with E-state index in [1.807, 2.05) is 37.3 Å². The van der Waals surface area contributed by atoms with Gasteiger partial charge in [0.2, 0.25) is 0 Å². The van der Waals surface area contributed by atoms with Crippen LogP contribution in [0.2, 0.25) is 5.02 Å². The van der Waals surface area contributed by atoms with Gasteiger partial charge in [-0.25, -0.2) is 0 Å². The predicted octanol–water partition coefficient (Wildman–Crippen LogP) is 3.51. The smallest absolute Gasteiger partial charge is 0.253 e. The molecule has 0 aliphatic heterocycles. The number of amides is 1. The summed E-state index contributed by atoms with van der Waals surface area (Å²) < 4.78 is 0. The fourth-order valence-corrected chi connectivity index (χ4v) is 2.34. The molecule has 21 heavy (non-hydrogen) atoms. The van der Waals surface area contributed by atoms with Gasteiger partial charge in [-0.05, 0) is 30.2 Å². The maximum absolute atomic E-state index is 12.5. The summed E-state index contributed by atoms with van der Waals surface area (Å²) in [5.41, 5.74) is 4.55. The Morgan fingerprint density at radius 3 is 2.57 bits per heavy atom. The highest BCUT2D eigenvalue weighted by molar-refractivity contribution is 6.31. The lowest BCUT2D eigenvalue weighted by Crippen LogP contribution is -2.29. The van der Waals surface area contributed by atoms with Crippen molar-refractivity contribution in [3.05, 3.63) is 64.7 Å². The van der Waals surface area contributed by atoms with Crippen molar-refractivity contribution < 1.29 is 4.79 Å². The van der Waals surface area contributed by atoms with Crippen LogP contribution in [0.4, 0.5) is 5.69 Å². The molecule has 0 heterocycles. The minimum atomic E-state index is -0.207. The van der Waals surface area contributed by atoms with Crippen LogP contribution in [-0.2, 0) is 0 Å². The molecule has 2 aromatic rings. The summed E-state index contributed by atoms with van der Waals surface area (Å²) in [6, 6.07) is 14.8. The van der Waals surface area contributed by atoms with Gasteiger partial charge in [-0.2, -0.15) is 0 Å². The van der Waals surface area contributed by atoms with Crippen molar-refractivity contribution in [2.24, 2.45) is 5.84 Å². The Kier molecular flexibility index (Phi) is 5.20. The number of benzene rings is 2. The van der Waals surface area contributed by atoms with Gasteiger partial charge in [0.15, 0.2) is 0 Å². The molecule has 5 heteroatoms. The maximum atomic E-state index is 12.5. The van der Waals surface area contributed by atoms with E-state index in [-0.39, 0.29) is 11.9 Å². The highest BCUT2D eigenvalue weighted by atomic mass is 35.5. The lowest BCUT2D eigenvalue weighted by Gasteiger charge is -2.18. The Hall–Kier alpha value is -2.04. The third kappa shape index (κ3) is 3.74. The molecule has 0 aliphatic rings. The fraction of sp³-hybridized carbons (Fsp3) is 0.188. The van der Waals surface area contributed by atoms with Crippen LogP contribution >= 0.6 is 11.6 Å². The monoisotopic (exact) mass is 303 g/mol. The van der Waals surface area contributed by atoms with Crippen molar-refractivity contribution >= 4 is 23.2 Å². The third-order valence-corrected chi connectivity index (χ3v) is 3.53. The molecular formula is C16H18ClN3O. The molecule has 1 unspecified atom stereocenters. The first kappa shape index (κ1) is 15.4. The number of hydrogen-bond acceptors (Lipinski definition) is 3. The lowest BCUT2D eigenvalue weighted by atomic mass is 10.0. The van der Waals surface area contributed by atoms with Crippen LogP contribution < -0.4 is 16.6 Å². The number of carbonyl (C=O) groups excluding carboxylic acids is 1. The second-order valence-electron chi connectivity index (χ2n) is 4.68. The average molecular weight is 304 g/mol. The van der Waals surface area contributed by atoms with Gasteiger partial charge in [-0.3, -0.25) is 10.6 Å². The Morgan fingerprint density at radius 2 is 1.95 bits per heavy atom. The summed E-state index contributed by atoms with van der Waals surface area (Å²) in [7, 11) is 0. The van der Waals surface area contributed by atoms with Crippen molar-refractivity contribution in [1.82, 2.24) is 5.32 Å². The van der Waals surface area contributed by atoms with E-state index in [4.69, 9.17) is 17.4 Å². The van der Waals surface area contributed by atoms with E-state index in [9.17, 15) is 4.79 Å². The third-order valence-electron chi connectivity index (χ3n) is 3.30. The lowest BCUT2D eigenvalue weighted by molar-refractivity contribution is 0.0936. The first-order chi connectivity index (χ1) is 10.2. The summed E-state index contributed by atoms with van der Waals surface area (Å²) in [6.45, 7) is 2.03. The summed E-state index contributed by atoms with van der Waals surface area (Å²) in [5, 5.41) is 3.50. The molecule has 1 atom stereocenters. The Bertz CT molecular complexity index is 616. The van der Waals surface area contributed by atoms with E-state index < -0.39 is 0 Å². The number of nitrogens with one attached hydrogen (secondary N) is 2. The van der Waals surface area contributed by atoms with Crippen molar-refractivity contribution in [3.63, 3.8) is 0 Å². The number of halogens is 1. The van der Waals surface area contributed by atoms with Gasteiger partial charge in [0.25, 0.3) is 5.91 Å². The van der Waals surface area contributed by atoms with Crippen LogP contribution in [0.1, 0.15) is 35.3 Å². The van der Waals surface area contributed by atoms with Gasteiger partial charge in [0.05, 0.1) is 17.3 Å². The molecule has 4 N–H and O–H groups in total. The zero-order chi connectivity index (χ0) is 15.2. The van der Waals surface area contributed by atoms with Crippen LogP contribution in [0, 0.1) is 0 Å². The Balaban J connectivity index is 2.22. The molecule has 0 spiro atoms. The number of nitrogens with two attached hydrogens (primary N) is 1. The molecule has 0 bridgehead atoms. The number of hydrazine groups is 1. The van der Waals surface area contributed by atoms with Gasteiger partial charge in [-0.1, -0.05) is 48.9 Å². The average Bonchev–Trinajstić information content (AvgIpc) is 2.53. The van der Waals surface area contributed by atoms with Crippen LogP contribution in [0.25, 0.3) is 0 Å². The zero-order valence-corrected chi connectivity index (χ0v) is 12.5. The first-order valence-electron chi connectivity index (χ1n) is 6.77. The van der Waals surface area contributed by atoms with E-state index in [2.05, 4.69) is 10.7 Å². The van der Waals surface area contributed by atoms with E-state index in [0.717, 1.165) is 12.0 Å². The van der Waals surface area contributed by atoms with Gasteiger partial charge >= 0.3 is 0 Å². The highest BCUT2D eigenvalue weighted by Crippen LogP contribution is 2.22. The zero-order valence-electron chi connectivity index (χ0n) is 11.8. The van der Waals surface area contributed by atoms with Crippen LogP contribution in [0.15, 0.2) is 48.5 Å². The van der Waals surface area contributed by atoms with Gasteiger partial charge < -0.3 is 10.7 Å². The molecule has 0 radical (unpaired) electrons. The maximum Gasteiger partial charge on any atom is 0.253 e. The molecule has 1 amide bonds. The highest BCUT2D eigenvalue weighted by Gasteiger charge is 2.16. The largest absolute Gasteiger partial charge is 0.345 e. The van der Waals surface area contributed by atoms with E-state index >= 15 is 0 Å². The Labute approximate surface area is 129 Å². The molecule has 110 valence electrons. The number of nitrogen functional groups attached to an aromatic ring is 1. The van der Waals surface area contributed by atoms with Gasteiger partial charge in [0, 0.05) is 5.02 Å². The van der Waals surface area contributed by atoms with Crippen molar-refractivity contribution in [3.8, 4) is 0 Å². The fourth-order valence-electron chi connectivity index (χ4n) is 2.17.